The number of ether oxygens (including phenoxy) is 1. The average Bonchev–Trinajstić information content (AvgIpc) is 3.00. The number of carbonyl (C=O) groups excluding carboxylic acids is 1. The number of hydrogen-bond donors (Lipinski definition) is 0. The van der Waals surface area contributed by atoms with Gasteiger partial charge in [-0.1, -0.05) is 35.4 Å². The van der Waals surface area contributed by atoms with E-state index in [9.17, 15) is 18.0 Å². The summed E-state index contributed by atoms with van der Waals surface area (Å²) in [7, 11) is 0. The molecule has 0 fully saturated rings. The maximum absolute atomic E-state index is 14.0. The first-order valence-corrected chi connectivity index (χ1v) is 12.9. The van der Waals surface area contributed by atoms with Crippen LogP contribution in [0.2, 0.25) is 0 Å². The molecule has 1 aliphatic rings. The third-order valence-corrected chi connectivity index (χ3v) is 6.73. The summed E-state index contributed by atoms with van der Waals surface area (Å²) in [6, 6.07) is 12.6. The molecule has 202 valence electrons. The number of aromatic nitrogens is 1. The smallest absolute Gasteiger partial charge is 0.416 e. The molecule has 38 heavy (non-hydrogen) atoms. The lowest BCUT2D eigenvalue weighted by molar-refractivity contribution is -0.138. The highest BCUT2D eigenvalue weighted by Crippen LogP contribution is 2.44. The molecule has 1 atom stereocenters. The number of hydrogen-bond acceptors (Lipinski definition) is 4. The monoisotopic (exact) mass is 525 g/mol. The Morgan fingerprint density at radius 1 is 1.13 bits per heavy atom. The third kappa shape index (κ3) is 6.11. The number of fused-ring (bicyclic) bond motifs is 1. The minimum absolute atomic E-state index is 0.123. The normalized spacial score (nSPS) is 15.7. The van der Waals surface area contributed by atoms with Crippen LogP contribution in [0.5, 0.6) is 0 Å². The zero-order valence-electron chi connectivity index (χ0n) is 22.5. The Morgan fingerprint density at radius 2 is 1.84 bits per heavy atom. The molecule has 5 nitrogen and oxygen atoms in total. The number of amides is 1. The van der Waals surface area contributed by atoms with Crippen molar-refractivity contribution in [1.82, 2.24) is 4.98 Å². The molecule has 2 heterocycles. The Labute approximate surface area is 222 Å². The first-order chi connectivity index (χ1) is 17.9. The molecule has 1 amide bonds. The lowest BCUT2D eigenvalue weighted by Gasteiger charge is -2.35. The SMILES string of the molecule is Cc1cc(C)cc(CN(c2cccnc2)C2CCCN(C(=O)OC(C)C)c3cc(C(F)(F)F)c(C)cc32)c1. The Hall–Kier alpha value is -3.55. The zero-order chi connectivity index (χ0) is 27.6. The van der Waals surface area contributed by atoms with Crippen molar-refractivity contribution in [2.24, 2.45) is 0 Å². The van der Waals surface area contributed by atoms with Gasteiger partial charge in [0.15, 0.2) is 0 Å². The first-order valence-electron chi connectivity index (χ1n) is 12.9. The van der Waals surface area contributed by atoms with E-state index in [4.69, 9.17) is 4.74 Å². The Bertz CT molecular complexity index is 1270. The predicted molar refractivity (Wildman–Crippen MR) is 143 cm³/mol. The van der Waals surface area contributed by atoms with Gasteiger partial charge < -0.3 is 9.64 Å². The van der Waals surface area contributed by atoms with Crippen LogP contribution in [0, 0.1) is 20.8 Å². The zero-order valence-corrected chi connectivity index (χ0v) is 22.5. The van der Waals surface area contributed by atoms with Gasteiger partial charge in [0.05, 0.1) is 35.3 Å². The van der Waals surface area contributed by atoms with E-state index < -0.39 is 23.9 Å². The van der Waals surface area contributed by atoms with Gasteiger partial charge in [-0.2, -0.15) is 13.2 Å². The Balaban J connectivity index is 1.89. The van der Waals surface area contributed by atoms with Gasteiger partial charge in [0.25, 0.3) is 0 Å². The van der Waals surface area contributed by atoms with Crippen LogP contribution >= 0.6 is 0 Å². The molecule has 0 spiro atoms. The fraction of sp³-hybridized carbons (Fsp3) is 0.400. The number of alkyl halides is 3. The van der Waals surface area contributed by atoms with Gasteiger partial charge in [-0.15, -0.1) is 0 Å². The van der Waals surface area contributed by atoms with E-state index in [1.165, 1.54) is 11.8 Å². The Kier molecular flexibility index (Phi) is 7.99. The molecule has 3 aromatic rings. The molecule has 0 bridgehead atoms. The summed E-state index contributed by atoms with van der Waals surface area (Å²) < 4.78 is 47.4. The van der Waals surface area contributed by atoms with E-state index in [-0.39, 0.29) is 23.8 Å². The minimum Gasteiger partial charge on any atom is -0.446 e. The molecule has 1 aliphatic heterocycles. The average molecular weight is 526 g/mol. The number of pyridine rings is 1. The fourth-order valence-corrected chi connectivity index (χ4v) is 5.28. The summed E-state index contributed by atoms with van der Waals surface area (Å²) >= 11 is 0. The van der Waals surface area contributed by atoms with Crippen molar-refractivity contribution >= 4 is 17.5 Å². The molecule has 1 unspecified atom stereocenters. The van der Waals surface area contributed by atoms with E-state index in [1.54, 1.807) is 32.3 Å². The van der Waals surface area contributed by atoms with E-state index in [2.05, 4.69) is 28.1 Å². The van der Waals surface area contributed by atoms with Crippen LogP contribution in [-0.4, -0.2) is 23.7 Å². The van der Waals surface area contributed by atoms with Gasteiger partial charge in [0, 0.05) is 19.3 Å². The number of nitrogens with zero attached hydrogens (tertiary/aromatic N) is 3. The lowest BCUT2D eigenvalue weighted by Crippen LogP contribution is -2.34. The number of aryl methyl sites for hydroxylation is 3. The van der Waals surface area contributed by atoms with Crippen molar-refractivity contribution in [3.63, 3.8) is 0 Å². The van der Waals surface area contributed by atoms with Gasteiger partial charge in [-0.3, -0.25) is 9.88 Å². The third-order valence-electron chi connectivity index (χ3n) is 6.73. The molecule has 4 rings (SSSR count). The quantitative estimate of drug-likeness (QED) is 0.339. The standard InChI is InChI=1S/C30H34F3N3O2/c1-19(2)38-29(37)35-11-7-9-27(25-15-22(5)26(16-28(25)35)30(31,32)33)36(24-8-6-10-34-17-24)18-23-13-20(3)12-21(4)14-23/h6,8,10,12-17,19,27H,7,9,11,18H2,1-5H3. The highest BCUT2D eigenvalue weighted by Gasteiger charge is 2.38. The number of halogens is 3. The van der Waals surface area contributed by atoms with Gasteiger partial charge in [0.1, 0.15) is 0 Å². The van der Waals surface area contributed by atoms with Gasteiger partial charge >= 0.3 is 12.3 Å². The second-order valence-corrected chi connectivity index (χ2v) is 10.3. The van der Waals surface area contributed by atoms with E-state index in [1.807, 2.05) is 26.0 Å². The number of anilines is 2. The van der Waals surface area contributed by atoms with Crippen molar-refractivity contribution < 1.29 is 22.7 Å². The molecule has 0 radical (unpaired) electrons. The van der Waals surface area contributed by atoms with E-state index in [0.29, 0.717) is 24.9 Å². The maximum Gasteiger partial charge on any atom is 0.416 e. The second kappa shape index (κ2) is 11.1. The number of carbonyl (C=O) groups is 1. The maximum atomic E-state index is 14.0. The topological polar surface area (TPSA) is 45.7 Å². The van der Waals surface area contributed by atoms with Crippen LogP contribution < -0.4 is 9.80 Å². The van der Waals surface area contributed by atoms with Crippen molar-refractivity contribution in [1.29, 1.82) is 0 Å². The van der Waals surface area contributed by atoms with Crippen LogP contribution in [0.4, 0.5) is 29.3 Å². The summed E-state index contributed by atoms with van der Waals surface area (Å²) in [5, 5.41) is 0. The van der Waals surface area contributed by atoms with Crippen LogP contribution in [0.25, 0.3) is 0 Å². The molecule has 2 aromatic carbocycles. The fourth-order valence-electron chi connectivity index (χ4n) is 5.28. The second-order valence-electron chi connectivity index (χ2n) is 10.3. The summed E-state index contributed by atoms with van der Waals surface area (Å²) in [6.45, 7) is 9.82. The molecule has 0 N–H and O–H groups in total. The molecule has 0 saturated heterocycles. The van der Waals surface area contributed by atoms with E-state index >= 15 is 0 Å². The van der Waals surface area contributed by atoms with Crippen molar-refractivity contribution in [2.75, 3.05) is 16.3 Å². The predicted octanol–water partition coefficient (Wildman–Crippen LogP) is 7.92. The minimum atomic E-state index is -4.54. The molecular formula is C30H34F3N3O2. The summed E-state index contributed by atoms with van der Waals surface area (Å²) in [5.41, 5.74) is 4.52. The van der Waals surface area contributed by atoms with Crippen molar-refractivity contribution in [3.05, 3.63) is 88.2 Å². The highest BCUT2D eigenvalue weighted by atomic mass is 19.4. The largest absolute Gasteiger partial charge is 0.446 e. The number of benzene rings is 2. The lowest BCUT2D eigenvalue weighted by atomic mass is 9.94. The molecular weight excluding hydrogens is 491 g/mol. The first kappa shape index (κ1) is 27.5. The van der Waals surface area contributed by atoms with Gasteiger partial charge in [-0.25, -0.2) is 4.79 Å². The van der Waals surface area contributed by atoms with Crippen molar-refractivity contribution in [2.45, 2.75) is 72.3 Å². The van der Waals surface area contributed by atoms with Crippen LogP contribution in [-0.2, 0) is 17.5 Å². The van der Waals surface area contributed by atoms with Gasteiger partial charge in [-0.05, 0) is 82.3 Å². The Morgan fingerprint density at radius 3 is 2.45 bits per heavy atom. The van der Waals surface area contributed by atoms with Crippen molar-refractivity contribution in [3.8, 4) is 0 Å². The summed E-state index contributed by atoms with van der Waals surface area (Å²) in [5.74, 6) is 0. The summed E-state index contributed by atoms with van der Waals surface area (Å²) in [4.78, 5) is 21.0. The molecule has 0 aliphatic carbocycles. The van der Waals surface area contributed by atoms with Gasteiger partial charge in [0.2, 0.25) is 0 Å². The molecule has 1 aromatic heterocycles. The van der Waals surface area contributed by atoms with Crippen LogP contribution in [0.15, 0.2) is 54.9 Å². The highest BCUT2D eigenvalue weighted by molar-refractivity contribution is 5.89. The molecule has 0 saturated carbocycles. The molecule has 8 heteroatoms. The van der Waals surface area contributed by atoms with E-state index in [0.717, 1.165) is 28.4 Å². The van der Waals surface area contributed by atoms with Crippen LogP contribution in [0.1, 0.15) is 66.1 Å². The summed E-state index contributed by atoms with van der Waals surface area (Å²) in [6.07, 6.45) is -0.872. The van der Waals surface area contributed by atoms with Crippen LogP contribution in [0.3, 0.4) is 0 Å². The number of rotatable bonds is 5.